The zero-order valence-corrected chi connectivity index (χ0v) is 13.9. The average molecular weight is 343 g/mol. The molecule has 0 aromatic heterocycles. The molecule has 0 radical (unpaired) electrons. The van der Waals surface area contributed by atoms with Crippen LogP contribution in [0.3, 0.4) is 0 Å². The summed E-state index contributed by atoms with van der Waals surface area (Å²) in [4.78, 5) is 12.2. The Labute approximate surface area is 145 Å². The van der Waals surface area contributed by atoms with E-state index in [1.807, 2.05) is 6.92 Å². The van der Waals surface area contributed by atoms with E-state index in [-0.39, 0.29) is 39.7 Å². The van der Waals surface area contributed by atoms with Gasteiger partial charge in [0.25, 0.3) is 5.91 Å². The Morgan fingerprint density at radius 1 is 1.04 bits per heavy atom. The number of amides is 1. The standard InChI is InChI=1S/C19H21NO5/c1-2-3-7-20-19(25)10-8-12-16(14(22)9-10)18(24)15-11(17(12)23)5-4-6-13(15)21/h4-6,8-9,17-18,21-24H,2-3,7H2,1H3,(H,20,25). The van der Waals surface area contributed by atoms with E-state index >= 15 is 0 Å². The monoisotopic (exact) mass is 343 g/mol. The van der Waals surface area contributed by atoms with Gasteiger partial charge in [-0.15, -0.1) is 0 Å². The van der Waals surface area contributed by atoms with Gasteiger partial charge in [-0.1, -0.05) is 25.5 Å². The molecule has 0 heterocycles. The van der Waals surface area contributed by atoms with Crippen LogP contribution in [0.25, 0.3) is 0 Å². The molecular formula is C19H21NO5. The fourth-order valence-corrected chi connectivity index (χ4v) is 3.21. The number of aromatic hydroxyl groups is 2. The fraction of sp³-hybridized carbons (Fsp3) is 0.316. The maximum atomic E-state index is 12.2. The van der Waals surface area contributed by atoms with Crippen molar-refractivity contribution in [3.63, 3.8) is 0 Å². The van der Waals surface area contributed by atoms with Crippen molar-refractivity contribution in [1.29, 1.82) is 0 Å². The zero-order chi connectivity index (χ0) is 18.1. The van der Waals surface area contributed by atoms with E-state index in [1.165, 1.54) is 18.2 Å². The summed E-state index contributed by atoms with van der Waals surface area (Å²) in [5.41, 5.74) is 1.08. The smallest absolute Gasteiger partial charge is 0.251 e. The summed E-state index contributed by atoms with van der Waals surface area (Å²) in [5.74, 6) is -0.802. The Balaban J connectivity index is 2.03. The van der Waals surface area contributed by atoms with Crippen LogP contribution < -0.4 is 5.32 Å². The van der Waals surface area contributed by atoms with Gasteiger partial charge in [0, 0.05) is 23.2 Å². The normalized spacial score (nSPS) is 18.4. The Kier molecular flexibility index (Phi) is 4.65. The molecule has 0 bridgehead atoms. The van der Waals surface area contributed by atoms with Crippen molar-refractivity contribution in [3.8, 4) is 11.5 Å². The van der Waals surface area contributed by atoms with Gasteiger partial charge >= 0.3 is 0 Å². The molecule has 0 spiro atoms. The van der Waals surface area contributed by atoms with Crippen molar-refractivity contribution in [2.45, 2.75) is 32.0 Å². The second kappa shape index (κ2) is 6.74. The lowest BCUT2D eigenvalue weighted by Crippen LogP contribution is -2.25. The van der Waals surface area contributed by atoms with Gasteiger partial charge in [0.1, 0.15) is 23.7 Å². The first-order valence-electron chi connectivity index (χ1n) is 8.28. The molecule has 1 aliphatic rings. The molecule has 132 valence electrons. The number of carbonyl (C=O) groups excluding carboxylic acids is 1. The summed E-state index contributed by atoms with van der Waals surface area (Å²) < 4.78 is 0. The first kappa shape index (κ1) is 17.3. The van der Waals surface area contributed by atoms with Crippen molar-refractivity contribution in [1.82, 2.24) is 5.32 Å². The number of benzene rings is 2. The second-order valence-electron chi connectivity index (χ2n) is 6.19. The highest BCUT2D eigenvalue weighted by Gasteiger charge is 2.35. The Morgan fingerprint density at radius 2 is 1.76 bits per heavy atom. The molecule has 0 saturated carbocycles. The predicted octanol–water partition coefficient (Wildman–Crippen LogP) is 2.10. The Morgan fingerprint density at radius 3 is 2.48 bits per heavy atom. The van der Waals surface area contributed by atoms with Crippen LogP contribution in [0, 0.1) is 0 Å². The van der Waals surface area contributed by atoms with Crippen LogP contribution in [0.15, 0.2) is 30.3 Å². The van der Waals surface area contributed by atoms with Gasteiger partial charge in [-0.3, -0.25) is 4.79 Å². The topological polar surface area (TPSA) is 110 Å². The number of aliphatic hydroxyl groups excluding tert-OH is 2. The van der Waals surface area contributed by atoms with Crippen LogP contribution >= 0.6 is 0 Å². The van der Waals surface area contributed by atoms with Crippen molar-refractivity contribution in [2.75, 3.05) is 6.54 Å². The van der Waals surface area contributed by atoms with Crippen molar-refractivity contribution in [3.05, 3.63) is 58.1 Å². The number of phenolic OH excluding ortho intramolecular Hbond substituents is 2. The molecule has 2 aromatic carbocycles. The Hall–Kier alpha value is -2.57. The highest BCUT2D eigenvalue weighted by Crippen LogP contribution is 2.47. The molecule has 25 heavy (non-hydrogen) atoms. The van der Waals surface area contributed by atoms with Gasteiger partial charge in [-0.05, 0) is 35.7 Å². The highest BCUT2D eigenvalue weighted by molar-refractivity contribution is 5.95. The van der Waals surface area contributed by atoms with Gasteiger partial charge in [-0.2, -0.15) is 0 Å². The lowest BCUT2D eigenvalue weighted by molar-refractivity contribution is 0.0951. The van der Waals surface area contributed by atoms with Crippen molar-refractivity contribution >= 4 is 5.91 Å². The third-order valence-corrected chi connectivity index (χ3v) is 4.52. The van der Waals surface area contributed by atoms with E-state index in [2.05, 4.69) is 5.32 Å². The number of nitrogens with one attached hydrogen (secondary N) is 1. The second-order valence-corrected chi connectivity index (χ2v) is 6.19. The van der Waals surface area contributed by atoms with E-state index < -0.39 is 12.2 Å². The molecular weight excluding hydrogens is 322 g/mol. The van der Waals surface area contributed by atoms with Gasteiger partial charge in [0.15, 0.2) is 0 Å². The van der Waals surface area contributed by atoms with E-state index in [0.717, 1.165) is 12.8 Å². The predicted molar refractivity (Wildman–Crippen MR) is 91.6 cm³/mol. The SMILES string of the molecule is CCCCNC(=O)c1cc(O)c2c(c1)C(O)c1cccc(O)c1C2O. The van der Waals surface area contributed by atoms with E-state index in [1.54, 1.807) is 12.1 Å². The lowest BCUT2D eigenvalue weighted by atomic mass is 9.80. The van der Waals surface area contributed by atoms with E-state index in [4.69, 9.17) is 0 Å². The number of rotatable bonds is 4. The van der Waals surface area contributed by atoms with Crippen molar-refractivity contribution < 1.29 is 25.2 Å². The summed E-state index contributed by atoms with van der Waals surface area (Å²) >= 11 is 0. The van der Waals surface area contributed by atoms with Crippen LogP contribution in [0.4, 0.5) is 0 Å². The molecule has 1 aliphatic carbocycles. The summed E-state index contributed by atoms with van der Waals surface area (Å²) in [6, 6.07) is 7.30. The largest absolute Gasteiger partial charge is 0.508 e. The maximum absolute atomic E-state index is 12.2. The van der Waals surface area contributed by atoms with Gasteiger partial charge in [0.2, 0.25) is 0 Å². The first-order chi connectivity index (χ1) is 12.0. The lowest BCUT2D eigenvalue weighted by Gasteiger charge is -2.30. The molecule has 0 saturated heterocycles. The van der Waals surface area contributed by atoms with Crippen LogP contribution in [-0.2, 0) is 0 Å². The minimum Gasteiger partial charge on any atom is -0.508 e. The first-order valence-corrected chi connectivity index (χ1v) is 8.28. The summed E-state index contributed by atoms with van der Waals surface area (Å²) in [6.45, 7) is 2.54. The molecule has 0 aliphatic heterocycles. The summed E-state index contributed by atoms with van der Waals surface area (Å²) in [6.07, 6.45) is -0.654. The number of phenols is 2. The van der Waals surface area contributed by atoms with Crippen molar-refractivity contribution in [2.24, 2.45) is 0 Å². The van der Waals surface area contributed by atoms with Gasteiger partial charge < -0.3 is 25.7 Å². The third kappa shape index (κ3) is 2.94. The molecule has 6 nitrogen and oxygen atoms in total. The minimum absolute atomic E-state index is 0.103. The minimum atomic E-state index is -1.29. The molecule has 1 amide bonds. The number of carbonyl (C=O) groups is 1. The van der Waals surface area contributed by atoms with Crippen LogP contribution in [0.1, 0.15) is 64.6 Å². The fourth-order valence-electron chi connectivity index (χ4n) is 3.21. The number of fused-ring (bicyclic) bond motifs is 2. The molecule has 5 N–H and O–H groups in total. The van der Waals surface area contributed by atoms with Gasteiger partial charge in [0.05, 0.1) is 0 Å². The molecule has 3 rings (SSSR count). The molecule has 2 atom stereocenters. The molecule has 0 fully saturated rings. The maximum Gasteiger partial charge on any atom is 0.251 e. The highest BCUT2D eigenvalue weighted by atomic mass is 16.3. The average Bonchev–Trinajstić information content (AvgIpc) is 2.59. The van der Waals surface area contributed by atoms with Gasteiger partial charge in [-0.25, -0.2) is 0 Å². The third-order valence-electron chi connectivity index (χ3n) is 4.52. The molecule has 2 aromatic rings. The number of hydrogen-bond acceptors (Lipinski definition) is 5. The van der Waals surface area contributed by atoms with Crippen LogP contribution in [-0.4, -0.2) is 32.9 Å². The van der Waals surface area contributed by atoms with E-state index in [0.29, 0.717) is 12.1 Å². The number of hydrogen-bond donors (Lipinski definition) is 5. The molecule has 6 heteroatoms. The summed E-state index contributed by atoms with van der Waals surface area (Å²) in [5, 5.41) is 44.3. The molecule has 2 unspecified atom stereocenters. The number of aliphatic hydroxyl groups is 2. The summed E-state index contributed by atoms with van der Waals surface area (Å²) in [7, 11) is 0. The van der Waals surface area contributed by atoms with Crippen LogP contribution in [0.5, 0.6) is 11.5 Å². The quantitative estimate of drug-likeness (QED) is 0.546. The Bertz CT molecular complexity index is 818. The van der Waals surface area contributed by atoms with E-state index in [9.17, 15) is 25.2 Å². The zero-order valence-electron chi connectivity index (χ0n) is 13.9. The van der Waals surface area contributed by atoms with Crippen LogP contribution in [0.2, 0.25) is 0 Å². The number of unbranched alkanes of at least 4 members (excludes halogenated alkanes) is 1.